The van der Waals surface area contributed by atoms with Gasteiger partial charge in [0.2, 0.25) is 0 Å². The van der Waals surface area contributed by atoms with Crippen LogP contribution in [0.1, 0.15) is 41.0 Å². The van der Waals surface area contributed by atoms with Gasteiger partial charge in [-0.3, -0.25) is 9.59 Å². The van der Waals surface area contributed by atoms with Crippen LogP contribution < -0.4 is 0 Å². The fraction of sp³-hybridized carbons (Fsp3) is 0.222. The van der Waals surface area contributed by atoms with Gasteiger partial charge in [0.05, 0.1) is 5.57 Å². The highest BCUT2D eigenvalue weighted by molar-refractivity contribution is 6.40. The molecule has 0 radical (unpaired) electrons. The number of carbonyl (C=O) groups excluding carboxylic acids is 2. The van der Waals surface area contributed by atoms with Crippen molar-refractivity contribution in [2.24, 2.45) is 0 Å². The highest BCUT2D eigenvalue weighted by Gasteiger charge is 2.35. The van der Waals surface area contributed by atoms with Gasteiger partial charge in [0.25, 0.3) is 0 Å². The largest absolute Gasteiger partial charge is 0.354 e. The average molecular weight is 279 g/mol. The summed E-state index contributed by atoms with van der Waals surface area (Å²) in [6.45, 7) is 4.97. The fourth-order valence-electron chi connectivity index (χ4n) is 2.81. The standard InChI is InChI=1S/C18H17NO2/c1-3-12-11-19(4-2)10-9-13(12)16-17(20)14-7-5-6-8-15(14)18(16)21/h5-11H,3-4H2,1-2H3. The molecule has 1 aliphatic carbocycles. The van der Waals surface area contributed by atoms with Crippen molar-refractivity contribution < 1.29 is 9.59 Å². The Balaban J connectivity index is 2.15. The number of carbonyl (C=O) groups is 2. The zero-order valence-electron chi connectivity index (χ0n) is 12.2. The third-order valence-corrected chi connectivity index (χ3v) is 3.99. The van der Waals surface area contributed by atoms with E-state index >= 15 is 0 Å². The number of rotatable bonds is 2. The lowest BCUT2D eigenvalue weighted by Crippen LogP contribution is -2.16. The summed E-state index contributed by atoms with van der Waals surface area (Å²) in [4.78, 5) is 27.2. The van der Waals surface area contributed by atoms with Crippen LogP contribution in [0.25, 0.3) is 0 Å². The van der Waals surface area contributed by atoms with Crippen LogP contribution in [0.5, 0.6) is 0 Å². The molecule has 0 saturated carbocycles. The van der Waals surface area contributed by atoms with Crippen molar-refractivity contribution in [1.82, 2.24) is 4.90 Å². The average Bonchev–Trinajstić information content (AvgIpc) is 2.79. The zero-order valence-corrected chi connectivity index (χ0v) is 12.2. The van der Waals surface area contributed by atoms with E-state index in [4.69, 9.17) is 0 Å². The topological polar surface area (TPSA) is 37.4 Å². The molecule has 0 N–H and O–H groups in total. The van der Waals surface area contributed by atoms with Gasteiger partial charge in [-0.05, 0) is 30.6 Å². The van der Waals surface area contributed by atoms with Crippen molar-refractivity contribution in [2.45, 2.75) is 20.3 Å². The number of allylic oxidation sites excluding steroid dienone is 4. The molecule has 0 spiro atoms. The van der Waals surface area contributed by atoms with Crippen molar-refractivity contribution in [1.29, 1.82) is 0 Å². The Bertz CT molecular complexity index is 685. The summed E-state index contributed by atoms with van der Waals surface area (Å²) in [6, 6.07) is 7.04. The van der Waals surface area contributed by atoms with Crippen LogP contribution in [0, 0.1) is 0 Å². The number of ketones is 2. The highest BCUT2D eigenvalue weighted by Crippen LogP contribution is 2.33. The minimum Gasteiger partial charge on any atom is -0.354 e. The SMILES string of the molecule is CCC1=CN(CC)C=CC1=C1C(=O)c2ccccc2C1=O. The Labute approximate surface area is 124 Å². The first kappa shape index (κ1) is 13.6. The molecule has 1 aromatic carbocycles. The molecule has 106 valence electrons. The molecular weight excluding hydrogens is 262 g/mol. The Hall–Kier alpha value is -2.42. The van der Waals surface area contributed by atoms with E-state index in [1.54, 1.807) is 24.3 Å². The molecule has 0 atom stereocenters. The lowest BCUT2D eigenvalue weighted by Gasteiger charge is -2.22. The molecule has 3 heteroatoms. The first-order valence-corrected chi connectivity index (χ1v) is 7.25. The van der Waals surface area contributed by atoms with E-state index in [2.05, 4.69) is 11.8 Å². The van der Waals surface area contributed by atoms with E-state index in [1.165, 1.54) is 0 Å². The second-order valence-electron chi connectivity index (χ2n) is 5.15. The monoisotopic (exact) mass is 279 g/mol. The highest BCUT2D eigenvalue weighted by atomic mass is 16.2. The molecule has 3 rings (SSSR count). The predicted molar refractivity (Wildman–Crippen MR) is 82.0 cm³/mol. The fourth-order valence-corrected chi connectivity index (χ4v) is 2.81. The van der Waals surface area contributed by atoms with E-state index in [-0.39, 0.29) is 11.6 Å². The molecule has 1 aliphatic heterocycles. The minimum atomic E-state index is -0.153. The van der Waals surface area contributed by atoms with Gasteiger partial charge in [-0.15, -0.1) is 0 Å². The number of fused-ring (bicyclic) bond motifs is 1. The van der Waals surface area contributed by atoms with Crippen LogP contribution in [0.4, 0.5) is 0 Å². The van der Waals surface area contributed by atoms with E-state index in [0.29, 0.717) is 16.7 Å². The molecule has 3 nitrogen and oxygen atoms in total. The van der Waals surface area contributed by atoms with Crippen molar-refractivity contribution in [2.75, 3.05) is 6.54 Å². The number of hydrogen-bond donors (Lipinski definition) is 0. The van der Waals surface area contributed by atoms with Crippen LogP contribution >= 0.6 is 0 Å². The Morgan fingerprint density at radius 2 is 1.62 bits per heavy atom. The lowest BCUT2D eigenvalue weighted by molar-refractivity contribution is 0.0987. The van der Waals surface area contributed by atoms with Crippen LogP contribution in [-0.4, -0.2) is 23.0 Å². The Kier molecular flexibility index (Phi) is 3.34. The summed E-state index contributed by atoms with van der Waals surface area (Å²) < 4.78 is 0. The normalized spacial score (nSPS) is 17.4. The molecule has 0 bridgehead atoms. The number of benzene rings is 1. The van der Waals surface area contributed by atoms with Crippen LogP contribution in [0.15, 0.2) is 59.5 Å². The first-order chi connectivity index (χ1) is 10.2. The summed E-state index contributed by atoms with van der Waals surface area (Å²) in [5.74, 6) is -0.306. The summed E-state index contributed by atoms with van der Waals surface area (Å²) in [5.41, 5.74) is 3.16. The quantitative estimate of drug-likeness (QED) is 0.614. The van der Waals surface area contributed by atoms with E-state index < -0.39 is 0 Å². The molecular formula is C18H17NO2. The molecule has 1 heterocycles. The summed E-state index contributed by atoms with van der Waals surface area (Å²) in [6.07, 6.45) is 6.62. The van der Waals surface area contributed by atoms with Gasteiger partial charge >= 0.3 is 0 Å². The second kappa shape index (κ2) is 5.17. The van der Waals surface area contributed by atoms with Gasteiger partial charge in [0.15, 0.2) is 11.6 Å². The maximum Gasteiger partial charge on any atom is 0.198 e. The lowest BCUT2D eigenvalue weighted by atomic mass is 9.94. The van der Waals surface area contributed by atoms with Crippen molar-refractivity contribution in [3.05, 3.63) is 70.6 Å². The van der Waals surface area contributed by atoms with Gasteiger partial charge in [-0.25, -0.2) is 0 Å². The van der Waals surface area contributed by atoms with Crippen LogP contribution in [0.3, 0.4) is 0 Å². The van der Waals surface area contributed by atoms with Gasteiger partial charge in [0.1, 0.15) is 0 Å². The van der Waals surface area contributed by atoms with E-state index in [9.17, 15) is 9.59 Å². The Morgan fingerprint density at radius 3 is 2.14 bits per heavy atom. The van der Waals surface area contributed by atoms with Gasteiger partial charge in [0, 0.05) is 30.1 Å². The zero-order chi connectivity index (χ0) is 15.0. The van der Waals surface area contributed by atoms with Gasteiger partial charge in [-0.1, -0.05) is 31.2 Å². The predicted octanol–water partition coefficient (Wildman–Crippen LogP) is 3.51. The third-order valence-electron chi connectivity index (χ3n) is 3.99. The summed E-state index contributed by atoms with van der Waals surface area (Å²) in [7, 11) is 0. The van der Waals surface area contributed by atoms with Crippen molar-refractivity contribution in [3.8, 4) is 0 Å². The van der Waals surface area contributed by atoms with Crippen LogP contribution in [-0.2, 0) is 0 Å². The maximum absolute atomic E-state index is 12.6. The minimum absolute atomic E-state index is 0.153. The van der Waals surface area contributed by atoms with Gasteiger partial charge in [-0.2, -0.15) is 0 Å². The van der Waals surface area contributed by atoms with Crippen molar-refractivity contribution >= 4 is 11.6 Å². The second-order valence-corrected chi connectivity index (χ2v) is 5.15. The van der Waals surface area contributed by atoms with E-state index in [0.717, 1.165) is 24.1 Å². The third kappa shape index (κ3) is 2.05. The van der Waals surface area contributed by atoms with Crippen molar-refractivity contribution in [3.63, 3.8) is 0 Å². The van der Waals surface area contributed by atoms with E-state index in [1.807, 2.05) is 25.4 Å². The van der Waals surface area contributed by atoms with Crippen LogP contribution in [0.2, 0.25) is 0 Å². The number of Topliss-reactive ketones (excluding diaryl/α,β-unsaturated/α-hetero) is 2. The molecule has 0 amide bonds. The smallest absolute Gasteiger partial charge is 0.198 e. The molecule has 1 aromatic rings. The first-order valence-electron chi connectivity index (χ1n) is 7.25. The Morgan fingerprint density at radius 1 is 1.00 bits per heavy atom. The molecule has 0 saturated heterocycles. The maximum atomic E-state index is 12.6. The number of hydrogen-bond acceptors (Lipinski definition) is 3. The molecule has 0 unspecified atom stereocenters. The summed E-state index contributed by atoms with van der Waals surface area (Å²) >= 11 is 0. The molecule has 0 fully saturated rings. The van der Waals surface area contributed by atoms with Gasteiger partial charge < -0.3 is 4.90 Å². The molecule has 0 aromatic heterocycles. The number of nitrogens with zero attached hydrogens (tertiary/aromatic N) is 1. The molecule has 2 aliphatic rings. The summed E-state index contributed by atoms with van der Waals surface area (Å²) in [5, 5.41) is 0. The molecule has 21 heavy (non-hydrogen) atoms.